The summed E-state index contributed by atoms with van der Waals surface area (Å²) in [7, 11) is -2.27. The number of carbonyl (C=O) groups is 1. The van der Waals surface area contributed by atoms with Crippen LogP contribution in [0.4, 0.5) is 10.8 Å². The molecule has 1 amide bonds. The number of amides is 1. The molecule has 0 atom stereocenters. The summed E-state index contributed by atoms with van der Waals surface area (Å²) in [6.07, 6.45) is 0. The van der Waals surface area contributed by atoms with Gasteiger partial charge in [0.15, 0.2) is 5.13 Å². The number of carbonyl (C=O) groups excluding carboxylic acids is 1. The van der Waals surface area contributed by atoms with Gasteiger partial charge in [-0.25, -0.2) is 13.4 Å². The van der Waals surface area contributed by atoms with Gasteiger partial charge < -0.3 is 0 Å². The third-order valence-corrected chi connectivity index (χ3v) is 8.60. The molecule has 164 valence electrons. The lowest BCUT2D eigenvalue weighted by molar-refractivity contribution is 0.102. The van der Waals surface area contributed by atoms with Crippen LogP contribution in [0.1, 0.15) is 10.4 Å². The summed E-state index contributed by atoms with van der Waals surface area (Å²) in [5.41, 5.74) is 2.17. The van der Waals surface area contributed by atoms with Crippen LogP contribution in [0.2, 0.25) is 8.67 Å². The van der Waals surface area contributed by atoms with E-state index in [1.165, 1.54) is 58.3 Å². The molecule has 2 aromatic heterocycles. The molecule has 0 bridgehead atoms. The summed E-state index contributed by atoms with van der Waals surface area (Å²) in [6.45, 7) is 0. The highest BCUT2D eigenvalue weighted by atomic mass is 35.5. The normalized spacial score (nSPS) is 11.3. The first-order valence-electron chi connectivity index (χ1n) is 9.12. The van der Waals surface area contributed by atoms with Crippen LogP contribution < -0.4 is 9.62 Å². The first-order valence-corrected chi connectivity index (χ1v) is 13.0. The van der Waals surface area contributed by atoms with E-state index in [-0.39, 0.29) is 4.90 Å². The zero-order valence-corrected chi connectivity index (χ0v) is 20.4. The molecule has 1 N–H and O–H groups in total. The van der Waals surface area contributed by atoms with Crippen molar-refractivity contribution < 1.29 is 13.2 Å². The molecule has 2 aromatic carbocycles. The number of benzene rings is 2. The zero-order valence-electron chi connectivity index (χ0n) is 16.5. The van der Waals surface area contributed by atoms with Crippen molar-refractivity contribution in [3.05, 3.63) is 80.3 Å². The molecule has 0 saturated heterocycles. The molecule has 0 radical (unpaired) electrons. The number of hydrogen-bond acceptors (Lipinski definition) is 6. The molecule has 4 rings (SSSR count). The van der Waals surface area contributed by atoms with Gasteiger partial charge in [-0.3, -0.25) is 14.4 Å². The quantitative estimate of drug-likeness (QED) is 0.323. The lowest BCUT2D eigenvalue weighted by Crippen LogP contribution is -2.26. The van der Waals surface area contributed by atoms with Gasteiger partial charge in [0.25, 0.3) is 15.9 Å². The number of nitrogens with zero attached hydrogens (tertiary/aromatic N) is 2. The second-order valence-corrected chi connectivity index (χ2v) is 11.7. The number of nitrogens with one attached hydrogen (secondary N) is 1. The number of aromatic nitrogens is 1. The topological polar surface area (TPSA) is 79.4 Å². The van der Waals surface area contributed by atoms with Gasteiger partial charge in [-0.05, 0) is 42.5 Å². The SMILES string of the molecule is CN(c1ccccc1)S(=O)(=O)c1ccc(C(=O)Nc2nc(-c3cc(Cl)sc3Cl)cs2)cc1. The molecule has 0 aliphatic rings. The van der Waals surface area contributed by atoms with Crippen LogP contribution in [-0.2, 0) is 10.0 Å². The van der Waals surface area contributed by atoms with Crippen molar-refractivity contribution in [3.8, 4) is 11.3 Å². The molecular formula is C21H15Cl2N3O3S3. The molecule has 0 fully saturated rings. The van der Waals surface area contributed by atoms with E-state index >= 15 is 0 Å². The summed E-state index contributed by atoms with van der Waals surface area (Å²) in [5.74, 6) is -0.402. The van der Waals surface area contributed by atoms with Crippen molar-refractivity contribution in [1.29, 1.82) is 0 Å². The maximum absolute atomic E-state index is 12.9. The van der Waals surface area contributed by atoms with Gasteiger partial charge in [-0.15, -0.1) is 22.7 Å². The Balaban J connectivity index is 1.49. The van der Waals surface area contributed by atoms with Crippen LogP contribution in [0, 0.1) is 0 Å². The van der Waals surface area contributed by atoms with Gasteiger partial charge in [-0.1, -0.05) is 41.4 Å². The maximum atomic E-state index is 12.9. The third-order valence-electron chi connectivity index (χ3n) is 4.55. The highest BCUT2D eigenvalue weighted by molar-refractivity contribution is 7.92. The van der Waals surface area contributed by atoms with Crippen LogP contribution in [0.25, 0.3) is 11.3 Å². The van der Waals surface area contributed by atoms with Gasteiger partial charge in [0.05, 0.1) is 20.6 Å². The van der Waals surface area contributed by atoms with E-state index in [4.69, 9.17) is 23.2 Å². The number of thiophene rings is 1. The number of thiazole rings is 1. The summed E-state index contributed by atoms with van der Waals surface area (Å²) in [6, 6.07) is 16.2. The van der Waals surface area contributed by atoms with E-state index in [1.807, 2.05) is 6.07 Å². The predicted octanol–water partition coefficient (Wildman–Crippen LogP) is 6.26. The molecule has 0 spiro atoms. The van der Waals surface area contributed by atoms with E-state index in [1.54, 1.807) is 35.7 Å². The number of sulfonamides is 1. The highest BCUT2D eigenvalue weighted by Gasteiger charge is 2.22. The zero-order chi connectivity index (χ0) is 22.9. The average molecular weight is 524 g/mol. The molecule has 0 aliphatic heterocycles. The Kier molecular flexibility index (Phi) is 6.55. The fourth-order valence-corrected chi connectivity index (χ4v) is 6.23. The minimum atomic E-state index is -3.75. The van der Waals surface area contributed by atoms with Crippen LogP contribution in [0.3, 0.4) is 0 Å². The number of rotatable bonds is 6. The minimum absolute atomic E-state index is 0.0842. The molecule has 11 heteroatoms. The summed E-state index contributed by atoms with van der Waals surface area (Å²) < 4.78 is 28.0. The molecule has 0 unspecified atom stereocenters. The van der Waals surface area contributed by atoms with Gasteiger partial charge in [0, 0.05) is 23.6 Å². The second-order valence-electron chi connectivity index (χ2n) is 6.56. The Hall–Kier alpha value is -2.43. The summed E-state index contributed by atoms with van der Waals surface area (Å²) >= 11 is 14.6. The third kappa shape index (κ3) is 4.67. The number of para-hydroxylation sites is 1. The Morgan fingerprint density at radius 1 is 1.06 bits per heavy atom. The number of hydrogen-bond donors (Lipinski definition) is 1. The molecular weight excluding hydrogens is 509 g/mol. The van der Waals surface area contributed by atoms with Gasteiger partial charge >= 0.3 is 0 Å². The Labute approximate surface area is 203 Å². The van der Waals surface area contributed by atoms with Crippen molar-refractivity contribution in [3.63, 3.8) is 0 Å². The molecule has 2 heterocycles. The molecule has 6 nitrogen and oxygen atoms in total. The lowest BCUT2D eigenvalue weighted by atomic mass is 10.2. The van der Waals surface area contributed by atoms with E-state index in [9.17, 15) is 13.2 Å². The molecule has 4 aromatic rings. The van der Waals surface area contributed by atoms with Crippen molar-refractivity contribution in [2.24, 2.45) is 0 Å². The molecule has 32 heavy (non-hydrogen) atoms. The van der Waals surface area contributed by atoms with Crippen molar-refractivity contribution in [1.82, 2.24) is 4.98 Å². The Morgan fingerprint density at radius 3 is 2.38 bits per heavy atom. The first kappa shape index (κ1) is 22.8. The maximum Gasteiger partial charge on any atom is 0.264 e. The fraction of sp³-hybridized carbons (Fsp3) is 0.0476. The van der Waals surface area contributed by atoms with Gasteiger partial charge in [0.2, 0.25) is 0 Å². The smallest absolute Gasteiger partial charge is 0.264 e. The Bertz CT molecular complexity index is 1370. The van der Waals surface area contributed by atoms with Crippen LogP contribution in [0.5, 0.6) is 0 Å². The standard InChI is InChI=1S/C21H15Cl2N3O3S3/c1-26(14-5-3-2-4-6-14)32(28,29)15-9-7-13(8-10-15)20(27)25-21-24-17(12-30-21)16-11-18(22)31-19(16)23/h2-12H,1H3,(H,24,25,27). The summed E-state index contributed by atoms with van der Waals surface area (Å²) in [5, 5.41) is 4.88. The van der Waals surface area contributed by atoms with Crippen LogP contribution >= 0.6 is 45.9 Å². The molecule has 0 saturated carbocycles. The number of anilines is 2. The molecule has 0 aliphatic carbocycles. The van der Waals surface area contributed by atoms with Crippen molar-refractivity contribution >= 4 is 72.6 Å². The predicted molar refractivity (Wildman–Crippen MR) is 132 cm³/mol. The Morgan fingerprint density at radius 2 is 1.75 bits per heavy atom. The highest BCUT2D eigenvalue weighted by Crippen LogP contribution is 2.39. The fourth-order valence-electron chi connectivity index (χ4n) is 2.85. The van der Waals surface area contributed by atoms with Crippen LogP contribution in [0.15, 0.2) is 70.9 Å². The average Bonchev–Trinajstić information content (AvgIpc) is 3.39. The van der Waals surface area contributed by atoms with Gasteiger partial charge in [0.1, 0.15) is 4.34 Å². The van der Waals surface area contributed by atoms with Crippen molar-refractivity contribution in [2.75, 3.05) is 16.7 Å². The number of halogens is 2. The summed E-state index contributed by atoms with van der Waals surface area (Å²) in [4.78, 5) is 17.1. The monoisotopic (exact) mass is 523 g/mol. The minimum Gasteiger partial charge on any atom is -0.298 e. The van der Waals surface area contributed by atoms with Crippen LogP contribution in [-0.4, -0.2) is 26.4 Å². The lowest BCUT2D eigenvalue weighted by Gasteiger charge is -2.19. The van der Waals surface area contributed by atoms with E-state index in [2.05, 4.69) is 10.3 Å². The first-order chi connectivity index (χ1) is 15.3. The van der Waals surface area contributed by atoms with Crippen molar-refractivity contribution in [2.45, 2.75) is 4.90 Å². The van der Waals surface area contributed by atoms with E-state index < -0.39 is 15.9 Å². The van der Waals surface area contributed by atoms with E-state index in [0.717, 1.165) is 0 Å². The van der Waals surface area contributed by atoms with E-state index in [0.29, 0.717) is 36.3 Å². The second kappa shape index (κ2) is 9.21. The largest absolute Gasteiger partial charge is 0.298 e. The van der Waals surface area contributed by atoms with Gasteiger partial charge in [-0.2, -0.15) is 0 Å².